The van der Waals surface area contributed by atoms with E-state index in [0.717, 1.165) is 40.3 Å². The number of para-hydroxylation sites is 1. The summed E-state index contributed by atoms with van der Waals surface area (Å²) in [6.45, 7) is 12.8. The highest BCUT2D eigenvalue weighted by Gasteiger charge is 2.19. The van der Waals surface area contributed by atoms with Gasteiger partial charge in [0.05, 0.1) is 5.75 Å². The fourth-order valence-electron chi connectivity index (χ4n) is 4.10. The zero-order valence-electron chi connectivity index (χ0n) is 21.9. The van der Waals surface area contributed by atoms with Gasteiger partial charge in [0.2, 0.25) is 5.91 Å². The number of hydrogen-bond donors (Lipinski definition) is 1. The smallest absolute Gasteiger partial charge is 0.234 e. The number of carbonyl (C=O) groups excluding carboxylic acids is 1. The van der Waals surface area contributed by atoms with E-state index in [-0.39, 0.29) is 17.1 Å². The van der Waals surface area contributed by atoms with E-state index in [2.05, 4.69) is 105 Å². The fourth-order valence-corrected chi connectivity index (χ4v) is 4.86. The predicted molar refractivity (Wildman–Crippen MR) is 150 cm³/mol. The summed E-state index contributed by atoms with van der Waals surface area (Å²) in [5, 5.41) is 12.8. The van der Waals surface area contributed by atoms with E-state index in [1.165, 1.54) is 22.9 Å². The summed E-state index contributed by atoms with van der Waals surface area (Å²) >= 11 is 1.39. The van der Waals surface area contributed by atoms with Gasteiger partial charge in [-0.3, -0.25) is 9.36 Å². The molecule has 0 radical (unpaired) electrons. The summed E-state index contributed by atoms with van der Waals surface area (Å²) in [5.74, 6) is 0.942. The summed E-state index contributed by atoms with van der Waals surface area (Å²) < 4.78 is 2.04. The Kier molecular flexibility index (Phi) is 7.65. The minimum Gasteiger partial charge on any atom is -0.325 e. The molecular weight excluding hydrogens is 464 g/mol. The zero-order valence-corrected chi connectivity index (χ0v) is 22.7. The summed E-state index contributed by atoms with van der Waals surface area (Å²) in [6.07, 6.45) is 0.865. The molecule has 1 heterocycles. The fraction of sp³-hybridized carbons (Fsp3) is 0.300. The molecule has 36 heavy (non-hydrogen) atoms. The largest absolute Gasteiger partial charge is 0.325 e. The summed E-state index contributed by atoms with van der Waals surface area (Å²) in [4.78, 5) is 12.9. The van der Waals surface area contributed by atoms with Gasteiger partial charge in [0.15, 0.2) is 11.0 Å². The van der Waals surface area contributed by atoms with Crippen LogP contribution in [0.1, 0.15) is 49.9 Å². The second-order valence-electron chi connectivity index (χ2n) is 10.1. The molecule has 1 N–H and O–H groups in total. The lowest BCUT2D eigenvalue weighted by molar-refractivity contribution is -0.113. The van der Waals surface area contributed by atoms with E-state index in [4.69, 9.17) is 0 Å². The van der Waals surface area contributed by atoms with Gasteiger partial charge in [-0.05, 0) is 54.5 Å². The number of hydrogen-bond acceptors (Lipinski definition) is 4. The maximum atomic E-state index is 12.9. The third-order valence-electron chi connectivity index (χ3n) is 6.27. The molecule has 0 atom stereocenters. The Morgan fingerprint density at radius 3 is 2.28 bits per heavy atom. The monoisotopic (exact) mass is 498 g/mol. The average Bonchev–Trinajstić information content (AvgIpc) is 3.28. The third kappa shape index (κ3) is 5.71. The van der Waals surface area contributed by atoms with E-state index in [1.54, 1.807) is 0 Å². The van der Waals surface area contributed by atoms with Crippen LogP contribution >= 0.6 is 11.8 Å². The van der Waals surface area contributed by atoms with Gasteiger partial charge in [-0.15, -0.1) is 10.2 Å². The Bertz CT molecular complexity index is 1350. The number of aryl methyl sites for hydroxylation is 3. The van der Waals surface area contributed by atoms with Crippen molar-refractivity contribution >= 4 is 23.4 Å². The Morgan fingerprint density at radius 2 is 1.64 bits per heavy atom. The summed E-state index contributed by atoms with van der Waals surface area (Å²) in [7, 11) is 0. The van der Waals surface area contributed by atoms with Crippen molar-refractivity contribution in [3.05, 3.63) is 89.0 Å². The number of benzene rings is 3. The molecule has 0 aliphatic carbocycles. The molecule has 0 aliphatic rings. The number of carbonyl (C=O) groups is 1. The van der Waals surface area contributed by atoms with Crippen LogP contribution in [0.5, 0.6) is 0 Å². The van der Waals surface area contributed by atoms with Gasteiger partial charge < -0.3 is 5.32 Å². The molecule has 4 rings (SSSR count). The van der Waals surface area contributed by atoms with Crippen molar-refractivity contribution in [1.82, 2.24) is 14.8 Å². The maximum Gasteiger partial charge on any atom is 0.234 e. The van der Waals surface area contributed by atoms with E-state index in [0.29, 0.717) is 5.16 Å². The van der Waals surface area contributed by atoms with Crippen LogP contribution in [0, 0.1) is 13.8 Å². The lowest BCUT2D eigenvalue weighted by Crippen LogP contribution is -2.16. The van der Waals surface area contributed by atoms with E-state index in [9.17, 15) is 4.79 Å². The van der Waals surface area contributed by atoms with Gasteiger partial charge in [0, 0.05) is 16.9 Å². The summed E-state index contributed by atoms with van der Waals surface area (Å²) in [6, 6.07) is 22.9. The quantitative estimate of drug-likeness (QED) is 0.275. The van der Waals surface area contributed by atoms with Gasteiger partial charge in [0.25, 0.3) is 0 Å². The SMILES string of the molecule is CCc1cccc(C)c1NC(=O)CSc1nnc(-c2ccc(C(C)(C)C)cc2)n1-c1ccc(C)cc1. The van der Waals surface area contributed by atoms with Gasteiger partial charge in [0.1, 0.15) is 0 Å². The molecule has 0 saturated carbocycles. The molecule has 0 spiro atoms. The van der Waals surface area contributed by atoms with E-state index in [1.807, 2.05) is 23.6 Å². The van der Waals surface area contributed by atoms with Crippen LogP contribution in [0.2, 0.25) is 0 Å². The standard InChI is InChI=1S/C30H34N4OS/c1-7-22-10-8-9-21(3)27(22)31-26(35)19-36-29-33-32-28(34(29)25-17-11-20(2)12-18-25)23-13-15-24(16-14-23)30(4,5)6/h8-18H,7,19H2,1-6H3,(H,31,35). The Hall–Kier alpha value is -3.38. The predicted octanol–water partition coefficient (Wildman–Crippen LogP) is 7.14. The lowest BCUT2D eigenvalue weighted by Gasteiger charge is -2.19. The van der Waals surface area contributed by atoms with Crippen molar-refractivity contribution in [3.63, 3.8) is 0 Å². The molecule has 0 saturated heterocycles. The molecule has 3 aromatic carbocycles. The number of nitrogens with one attached hydrogen (secondary N) is 1. The van der Waals surface area contributed by atoms with Crippen LogP contribution in [-0.2, 0) is 16.6 Å². The van der Waals surface area contributed by atoms with Gasteiger partial charge in [-0.25, -0.2) is 0 Å². The third-order valence-corrected chi connectivity index (χ3v) is 7.20. The van der Waals surface area contributed by atoms with Crippen molar-refractivity contribution < 1.29 is 4.79 Å². The molecule has 6 heteroatoms. The highest BCUT2D eigenvalue weighted by atomic mass is 32.2. The molecule has 4 aromatic rings. The van der Waals surface area contributed by atoms with E-state index < -0.39 is 0 Å². The van der Waals surface area contributed by atoms with Crippen molar-refractivity contribution in [3.8, 4) is 17.1 Å². The first-order valence-electron chi connectivity index (χ1n) is 12.3. The summed E-state index contributed by atoms with van der Waals surface area (Å²) in [5.41, 5.74) is 7.59. The number of aromatic nitrogens is 3. The van der Waals surface area contributed by atoms with Crippen LogP contribution < -0.4 is 5.32 Å². The molecule has 5 nitrogen and oxygen atoms in total. The molecule has 0 unspecified atom stereocenters. The number of amides is 1. The van der Waals surface area contributed by atoms with E-state index >= 15 is 0 Å². The van der Waals surface area contributed by atoms with Crippen LogP contribution in [-0.4, -0.2) is 26.4 Å². The maximum absolute atomic E-state index is 12.9. The van der Waals surface area contributed by atoms with Crippen LogP contribution in [0.25, 0.3) is 17.1 Å². The molecule has 0 bridgehead atoms. The first kappa shape index (κ1) is 25.7. The molecule has 0 aliphatic heterocycles. The van der Waals surface area contributed by atoms with Gasteiger partial charge in [-0.1, -0.05) is 99.6 Å². The second-order valence-corrected chi connectivity index (χ2v) is 11.0. The Balaban J connectivity index is 1.62. The van der Waals surface area contributed by atoms with Crippen LogP contribution in [0.4, 0.5) is 5.69 Å². The van der Waals surface area contributed by atoms with Gasteiger partial charge >= 0.3 is 0 Å². The number of nitrogens with zero attached hydrogens (tertiary/aromatic N) is 3. The van der Waals surface area contributed by atoms with Crippen molar-refractivity contribution in [2.75, 3.05) is 11.1 Å². The number of thioether (sulfide) groups is 1. The Labute approximate surface area is 218 Å². The number of anilines is 1. The topological polar surface area (TPSA) is 59.8 Å². The molecule has 0 fully saturated rings. The minimum atomic E-state index is -0.0569. The minimum absolute atomic E-state index is 0.0569. The molecule has 1 amide bonds. The number of rotatable bonds is 7. The normalized spacial score (nSPS) is 11.5. The molecule has 1 aromatic heterocycles. The molecule has 186 valence electrons. The zero-order chi connectivity index (χ0) is 25.9. The average molecular weight is 499 g/mol. The Morgan fingerprint density at radius 1 is 0.944 bits per heavy atom. The van der Waals surface area contributed by atoms with Crippen LogP contribution in [0.15, 0.2) is 71.9 Å². The van der Waals surface area contributed by atoms with Crippen molar-refractivity contribution in [2.45, 2.75) is 58.5 Å². The highest BCUT2D eigenvalue weighted by Crippen LogP contribution is 2.30. The van der Waals surface area contributed by atoms with Crippen LogP contribution in [0.3, 0.4) is 0 Å². The highest BCUT2D eigenvalue weighted by molar-refractivity contribution is 7.99. The second kappa shape index (κ2) is 10.7. The van der Waals surface area contributed by atoms with Crippen molar-refractivity contribution in [1.29, 1.82) is 0 Å². The van der Waals surface area contributed by atoms with Crippen molar-refractivity contribution in [2.24, 2.45) is 0 Å². The van der Waals surface area contributed by atoms with Gasteiger partial charge in [-0.2, -0.15) is 0 Å². The first-order chi connectivity index (χ1) is 17.2. The lowest BCUT2D eigenvalue weighted by atomic mass is 9.87. The molecular formula is C30H34N4OS. The first-order valence-corrected chi connectivity index (χ1v) is 13.3.